The molecule has 0 saturated carbocycles. The number of nitrogens with zero attached hydrogens (tertiary/aromatic N) is 4. The molecule has 2 aliphatic heterocycles. The van der Waals surface area contributed by atoms with E-state index in [-0.39, 0.29) is 42.7 Å². The van der Waals surface area contributed by atoms with Gasteiger partial charge in [-0.1, -0.05) is 41.9 Å². The Morgan fingerprint density at radius 3 is 2.48 bits per heavy atom. The van der Waals surface area contributed by atoms with Crippen LogP contribution in [-0.4, -0.2) is 79.8 Å². The number of likely N-dealkylation sites (tertiary alicyclic amines) is 2. The van der Waals surface area contributed by atoms with Crippen LogP contribution in [0.3, 0.4) is 0 Å². The van der Waals surface area contributed by atoms with Gasteiger partial charge in [-0.15, -0.1) is 0 Å². The highest BCUT2D eigenvalue weighted by Gasteiger charge is 2.58. The lowest BCUT2D eigenvalue weighted by atomic mass is 9.79. The molecule has 3 N–H and O–H groups in total. The summed E-state index contributed by atoms with van der Waals surface area (Å²) in [5.74, 6) is -6.75. The van der Waals surface area contributed by atoms with Gasteiger partial charge in [-0.25, -0.2) is 22.9 Å². The van der Waals surface area contributed by atoms with Gasteiger partial charge in [0.25, 0.3) is 11.5 Å². The zero-order valence-corrected chi connectivity index (χ0v) is 27.4. The van der Waals surface area contributed by atoms with Gasteiger partial charge in [0, 0.05) is 44.0 Å². The van der Waals surface area contributed by atoms with Crippen molar-refractivity contribution in [2.45, 2.75) is 63.2 Å². The van der Waals surface area contributed by atoms with Crippen molar-refractivity contribution >= 4 is 29.3 Å². The smallest absolute Gasteiger partial charge is 0.410 e. The van der Waals surface area contributed by atoms with Gasteiger partial charge in [-0.05, 0) is 44.9 Å². The summed E-state index contributed by atoms with van der Waals surface area (Å²) in [7, 11) is 0. The second-order valence-corrected chi connectivity index (χ2v) is 13.6. The fourth-order valence-electron chi connectivity index (χ4n) is 5.98. The third kappa shape index (κ3) is 7.39. The van der Waals surface area contributed by atoms with Crippen molar-refractivity contribution in [1.82, 2.24) is 19.4 Å². The zero-order valence-electron chi connectivity index (χ0n) is 26.7. The Kier molecular flexibility index (Phi) is 9.71. The van der Waals surface area contributed by atoms with E-state index in [1.807, 2.05) is 18.2 Å². The van der Waals surface area contributed by atoms with Gasteiger partial charge in [-0.3, -0.25) is 14.2 Å². The zero-order chi connectivity index (χ0) is 35.0. The van der Waals surface area contributed by atoms with E-state index in [0.717, 1.165) is 27.4 Å². The summed E-state index contributed by atoms with van der Waals surface area (Å²) in [6.07, 6.45) is 0.0521. The average molecular weight is 692 g/mol. The van der Waals surface area contributed by atoms with Crippen LogP contribution < -0.4 is 16.0 Å². The summed E-state index contributed by atoms with van der Waals surface area (Å²) < 4.78 is 57.0. The molecule has 3 atom stereocenters. The van der Waals surface area contributed by atoms with Crippen molar-refractivity contribution in [2.75, 3.05) is 31.9 Å². The van der Waals surface area contributed by atoms with E-state index in [4.69, 9.17) is 26.8 Å². The number of aliphatic hydroxyl groups is 1. The van der Waals surface area contributed by atoms with Gasteiger partial charge in [-0.2, -0.15) is 0 Å². The summed E-state index contributed by atoms with van der Waals surface area (Å²) in [5.41, 5.74) is 1.72. The Balaban J connectivity index is 1.30. The molecule has 2 fully saturated rings. The lowest BCUT2D eigenvalue weighted by molar-refractivity contribution is -0.223. The number of halogens is 4. The molecular weight excluding hydrogens is 655 g/mol. The molecule has 0 unspecified atom stereocenters. The van der Waals surface area contributed by atoms with Crippen molar-refractivity contribution in [3.8, 4) is 11.6 Å². The molecule has 0 radical (unpaired) electrons. The highest BCUT2D eigenvalue weighted by Crippen LogP contribution is 2.41. The van der Waals surface area contributed by atoms with Crippen molar-refractivity contribution in [2.24, 2.45) is 5.92 Å². The Morgan fingerprint density at radius 1 is 1.12 bits per heavy atom. The molecule has 0 spiro atoms. The van der Waals surface area contributed by atoms with E-state index < -0.39 is 77.5 Å². The molecular formula is C33H37ClF3N5O6. The van der Waals surface area contributed by atoms with E-state index in [1.165, 1.54) is 17.0 Å². The lowest BCUT2D eigenvalue weighted by Gasteiger charge is -2.46. The molecule has 3 heterocycles. The number of piperidine rings is 2. The monoisotopic (exact) mass is 691 g/mol. The van der Waals surface area contributed by atoms with Crippen LogP contribution in [0.1, 0.15) is 45.1 Å². The molecule has 11 nitrogen and oxygen atoms in total. The van der Waals surface area contributed by atoms with Crippen LogP contribution in [0.4, 0.5) is 23.7 Å². The van der Waals surface area contributed by atoms with Crippen LogP contribution in [0.15, 0.2) is 59.7 Å². The Morgan fingerprint density at radius 2 is 1.83 bits per heavy atom. The lowest BCUT2D eigenvalue weighted by Crippen LogP contribution is -2.64. The molecule has 2 amide bonds. The number of ether oxygens (including phenoxy) is 2. The maximum atomic E-state index is 15.8. The second-order valence-electron chi connectivity index (χ2n) is 13.2. The number of benzene rings is 2. The van der Waals surface area contributed by atoms with Gasteiger partial charge in [0.05, 0.1) is 18.1 Å². The van der Waals surface area contributed by atoms with Gasteiger partial charge >= 0.3 is 6.09 Å². The van der Waals surface area contributed by atoms with Crippen LogP contribution in [0.2, 0.25) is 5.02 Å². The summed E-state index contributed by atoms with van der Waals surface area (Å²) in [6.45, 7) is 3.47. The number of nitrogens with two attached hydrogens (primary N) is 1. The molecule has 0 bridgehead atoms. The van der Waals surface area contributed by atoms with E-state index in [1.54, 1.807) is 32.9 Å². The first-order valence-electron chi connectivity index (χ1n) is 15.4. The summed E-state index contributed by atoms with van der Waals surface area (Å²) in [6, 6.07) is 12.6. The predicted molar refractivity (Wildman–Crippen MR) is 171 cm³/mol. The number of nitrogen functional groups attached to an aromatic ring is 1. The summed E-state index contributed by atoms with van der Waals surface area (Å²) in [5, 5.41) is 11.0. The van der Waals surface area contributed by atoms with Crippen LogP contribution in [0, 0.1) is 11.7 Å². The topological polar surface area (TPSA) is 140 Å². The maximum Gasteiger partial charge on any atom is 0.410 e. The van der Waals surface area contributed by atoms with Gasteiger partial charge in [0.1, 0.15) is 29.1 Å². The first-order valence-corrected chi connectivity index (χ1v) is 15.8. The molecule has 2 aromatic carbocycles. The highest BCUT2D eigenvalue weighted by molar-refractivity contribution is 6.30. The van der Waals surface area contributed by atoms with Crippen LogP contribution >= 0.6 is 11.6 Å². The quantitative estimate of drug-likeness (QED) is 0.366. The third-order valence-electron chi connectivity index (χ3n) is 8.56. The number of rotatable bonds is 6. The van der Waals surface area contributed by atoms with E-state index >= 15 is 8.78 Å². The predicted octanol–water partition coefficient (Wildman–Crippen LogP) is 5.05. The minimum absolute atomic E-state index is 0.0551. The number of hydrogen-bond donors (Lipinski definition) is 2. The maximum absolute atomic E-state index is 15.8. The molecule has 2 saturated heterocycles. The fraction of sp³-hybridized carbons (Fsp3) is 0.455. The van der Waals surface area contributed by atoms with Crippen molar-refractivity contribution in [3.63, 3.8) is 0 Å². The summed E-state index contributed by atoms with van der Waals surface area (Å²) in [4.78, 5) is 46.2. The number of carbonyl (C=O) groups is 2. The Hall–Kier alpha value is -4.30. The molecule has 2 aliphatic rings. The van der Waals surface area contributed by atoms with Gasteiger partial charge in [0.2, 0.25) is 11.8 Å². The van der Waals surface area contributed by atoms with Crippen molar-refractivity contribution in [3.05, 3.63) is 81.6 Å². The molecule has 48 heavy (non-hydrogen) atoms. The largest absolute Gasteiger partial charge is 0.444 e. The van der Waals surface area contributed by atoms with E-state index in [9.17, 15) is 23.9 Å². The van der Waals surface area contributed by atoms with E-state index in [0.29, 0.717) is 0 Å². The number of carbonyl (C=O) groups excluding carboxylic acids is 2. The average Bonchev–Trinajstić information content (AvgIpc) is 3.03. The van der Waals surface area contributed by atoms with Crippen molar-refractivity contribution < 1.29 is 37.3 Å². The van der Waals surface area contributed by atoms with Crippen LogP contribution in [-0.2, 0) is 16.1 Å². The molecule has 0 aliphatic carbocycles. The number of anilines is 1. The summed E-state index contributed by atoms with van der Waals surface area (Å²) >= 11 is 5.67. The SMILES string of the molecule is CC(C)(C)OC(=O)N1CC[C@@H](C(=O)N2CC[C@](O)(Cn3cnc(Oc4ccc(Cl)c(F)c4)c(N)c3=O)C(F)(F)C2)[C@H](c2ccccc2)C1. The fourth-order valence-corrected chi connectivity index (χ4v) is 6.10. The normalized spacial score (nSPS) is 22.7. The van der Waals surface area contributed by atoms with Gasteiger partial charge in [0.15, 0.2) is 5.69 Å². The Labute approximate surface area is 280 Å². The van der Waals surface area contributed by atoms with Gasteiger partial charge < -0.3 is 30.1 Å². The standard InChI is InChI=1S/C33H37ClF3N5O6/c1-31(2,3)48-30(45)40-13-11-22(23(16-40)20-7-5-4-6-8-20)28(43)41-14-12-32(46,33(36,37)18-41)17-42-19-39-27(26(38)29(42)44)47-21-9-10-24(34)25(35)15-21/h4-10,15,19,22-23,46H,11-14,16-18,38H2,1-3H3/t22-,23+,32+/m1/s1. The van der Waals surface area contributed by atoms with E-state index in [2.05, 4.69) is 4.98 Å². The Bertz CT molecular complexity index is 1740. The second kappa shape index (κ2) is 13.3. The molecule has 1 aromatic heterocycles. The molecule has 5 rings (SSSR count). The number of alkyl halides is 2. The highest BCUT2D eigenvalue weighted by atomic mass is 35.5. The van der Waals surface area contributed by atoms with Crippen molar-refractivity contribution in [1.29, 1.82) is 0 Å². The third-order valence-corrected chi connectivity index (χ3v) is 8.87. The van der Waals surface area contributed by atoms with Crippen LogP contribution in [0.25, 0.3) is 0 Å². The minimum atomic E-state index is -3.83. The first kappa shape index (κ1) is 35.0. The number of amides is 2. The number of hydrogen-bond acceptors (Lipinski definition) is 8. The molecule has 258 valence electrons. The minimum Gasteiger partial charge on any atom is -0.444 e. The molecule has 15 heteroatoms. The molecule has 3 aromatic rings. The number of aromatic nitrogens is 2. The first-order chi connectivity index (χ1) is 22.5. The van der Waals surface area contributed by atoms with Crippen LogP contribution in [0.5, 0.6) is 11.6 Å².